The molecule has 0 amide bonds. The van der Waals surface area contributed by atoms with E-state index in [0.717, 1.165) is 13.1 Å². The highest BCUT2D eigenvalue weighted by atomic mass is 32.2. The van der Waals surface area contributed by atoms with Crippen LogP contribution in [-0.4, -0.2) is 58.1 Å². The number of hydrogen-bond donors (Lipinski definition) is 1. The van der Waals surface area contributed by atoms with E-state index in [0.29, 0.717) is 0 Å². The molecule has 17 heavy (non-hydrogen) atoms. The number of rotatable bonds is 8. The van der Waals surface area contributed by atoms with Gasteiger partial charge in [-0.1, -0.05) is 20.8 Å². The van der Waals surface area contributed by atoms with E-state index in [1.165, 1.54) is 0 Å². The van der Waals surface area contributed by atoms with Crippen molar-refractivity contribution in [2.24, 2.45) is 5.41 Å². The van der Waals surface area contributed by atoms with Crippen LogP contribution in [0.15, 0.2) is 0 Å². The zero-order chi connectivity index (χ0) is 13.7. The van der Waals surface area contributed by atoms with Crippen LogP contribution in [0.25, 0.3) is 0 Å². The molecule has 1 N–H and O–H groups in total. The highest BCUT2D eigenvalue weighted by Gasteiger charge is 2.21. The summed E-state index contributed by atoms with van der Waals surface area (Å²) in [6.07, 6.45) is 0. The lowest BCUT2D eigenvalue weighted by atomic mass is 9.92. The molecule has 0 radical (unpaired) electrons. The van der Waals surface area contributed by atoms with Gasteiger partial charge in [-0.3, -0.25) is 0 Å². The third kappa shape index (κ3) is 8.57. The first-order chi connectivity index (χ1) is 7.58. The molecule has 0 aliphatic heterocycles. The summed E-state index contributed by atoms with van der Waals surface area (Å²) >= 11 is 0. The predicted molar refractivity (Wildman–Crippen MR) is 74.1 cm³/mol. The van der Waals surface area contributed by atoms with Crippen molar-refractivity contribution in [3.05, 3.63) is 0 Å². The lowest BCUT2D eigenvalue weighted by Gasteiger charge is -2.30. The topological polar surface area (TPSA) is 49.4 Å². The zero-order valence-electron chi connectivity index (χ0n) is 12.1. The molecule has 1 atom stereocenters. The van der Waals surface area contributed by atoms with Gasteiger partial charge in [0, 0.05) is 24.9 Å². The van der Waals surface area contributed by atoms with Crippen molar-refractivity contribution in [2.75, 3.05) is 38.7 Å². The van der Waals surface area contributed by atoms with Crippen LogP contribution < -0.4 is 5.32 Å². The van der Waals surface area contributed by atoms with Crippen LogP contribution in [-0.2, 0) is 9.84 Å². The lowest BCUT2D eigenvalue weighted by Crippen LogP contribution is -2.43. The van der Waals surface area contributed by atoms with Gasteiger partial charge in [-0.05, 0) is 26.4 Å². The zero-order valence-corrected chi connectivity index (χ0v) is 12.9. The second kappa shape index (κ2) is 6.71. The fourth-order valence-corrected chi connectivity index (χ4v) is 3.04. The molecule has 0 bridgehead atoms. The van der Waals surface area contributed by atoms with Gasteiger partial charge in [0.05, 0.1) is 5.75 Å². The van der Waals surface area contributed by atoms with Gasteiger partial charge in [0.15, 0.2) is 9.84 Å². The Morgan fingerprint density at radius 3 is 2.24 bits per heavy atom. The van der Waals surface area contributed by atoms with E-state index in [2.05, 4.69) is 24.1 Å². The Morgan fingerprint density at radius 2 is 1.82 bits per heavy atom. The standard InChI is InChI=1S/C12H28N2O2S/c1-7-17(15,16)8-11(2)13-9-12(3,4)10-14(5)6/h11,13H,7-10H2,1-6H3. The molecule has 0 aromatic heterocycles. The van der Waals surface area contributed by atoms with Crippen molar-refractivity contribution in [1.29, 1.82) is 0 Å². The highest BCUT2D eigenvalue weighted by Crippen LogP contribution is 2.14. The fourth-order valence-electron chi connectivity index (χ4n) is 1.92. The molecule has 1 unspecified atom stereocenters. The van der Waals surface area contributed by atoms with E-state index >= 15 is 0 Å². The molecule has 0 saturated heterocycles. The summed E-state index contributed by atoms with van der Waals surface area (Å²) in [5.41, 5.74) is 0.147. The maximum absolute atomic E-state index is 11.5. The first kappa shape index (κ1) is 16.9. The third-order valence-electron chi connectivity index (χ3n) is 2.62. The molecule has 0 aromatic rings. The Kier molecular flexibility index (Phi) is 6.66. The normalized spacial score (nSPS) is 15.2. The Bertz CT molecular complexity index is 310. The molecule has 0 saturated carbocycles. The minimum Gasteiger partial charge on any atom is -0.313 e. The lowest BCUT2D eigenvalue weighted by molar-refractivity contribution is 0.228. The molecule has 4 nitrogen and oxygen atoms in total. The van der Waals surface area contributed by atoms with Crippen molar-refractivity contribution >= 4 is 9.84 Å². The van der Waals surface area contributed by atoms with Crippen LogP contribution in [0.2, 0.25) is 0 Å². The number of nitrogens with one attached hydrogen (secondary N) is 1. The van der Waals surface area contributed by atoms with Gasteiger partial charge in [-0.25, -0.2) is 8.42 Å². The molecule has 5 heteroatoms. The average molecular weight is 264 g/mol. The summed E-state index contributed by atoms with van der Waals surface area (Å²) in [6.45, 7) is 9.79. The van der Waals surface area contributed by atoms with Crippen LogP contribution in [0.5, 0.6) is 0 Å². The van der Waals surface area contributed by atoms with Gasteiger partial charge in [0.25, 0.3) is 0 Å². The molecular weight excluding hydrogens is 236 g/mol. The van der Waals surface area contributed by atoms with E-state index in [-0.39, 0.29) is 23.0 Å². The first-order valence-corrected chi connectivity index (χ1v) is 7.98. The summed E-state index contributed by atoms with van der Waals surface area (Å²) in [5.74, 6) is 0.446. The molecule has 0 heterocycles. The van der Waals surface area contributed by atoms with Gasteiger partial charge < -0.3 is 10.2 Å². The van der Waals surface area contributed by atoms with E-state index < -0.39 is 9.84 Å². The van der Waals surface area contributed by atoms with E-state index in [1.54, 1.807) is 6.92 Å². The van der Waals surface area contributed by atoms with Gasteiger partial charge in [0.1, 0.15) is 0 Å². The molecular formula is C12H28N2O2S. The van der Waals surface area contributed by atoms with Crippen molar-refractivity contribution in [3.8, 4) is 0 Å². The van der Waals surface area contributed by atoms with Crippen molar-refractivity contribution in [3.63, 3.8) is 0 Å². The van der Waals surface area contributed by atoms with Crippen LogP contribution in [0.4, 0.5) is 0 Å². The van der Waals surface area contributed by atoms with Crippen molar-refractivity contribution in [1.82, 2.24) is 10.2 Å². The quantitative estimate of drug-likeness (QED) is 0.710. The van der Waals surface area contributed by atoms with Crippen LogP contribution in [0.3, 0.4) is 0 Å². The smallest absolute Gasteiger partial charge is 0.151 e. The second-order valence-corrected chi connectivity index (χ2v) is 8.28. The molecule has 104 valence electrons. The van der Waals surface area contributed by atoms with Crippen LogP contribution in [0.1, 0.15) is 27.7 Å². The van der Waals surface area contributed by atoms with E-state index in [4.69, 9.17) is 0 Å². The minimum atomic E-state index is -2.88. The Morgan fingerprint density at radius 1 is 1.29 bits per heavy atom. The largest absolute Gasteiger partial charge is 0.313 e. The van der Waals surface area contributed by atoms with Crippen molar-refractivity contribution < 1.29 is 8.42 Å². The summed E-state index contributed by atoms with van der Waals surface area (Å²) in [6, 6.07) is 0.0152. The summed E-state index contributed by atoms with van der Waals surface area (Å²) < 4.78 is 22.9. The number of hydrogen-bond acceptors (Lipinski definition) is 4. The molecule has 0 aliphatic rings. The fraction of sp³-hybridized carbons (Fsp3) is 1.00. The Labute approximate surface area is 107 Å². The number of nitrogens with zero attached hydrogens (tertiary/aromatic N) is 1. The van der Waals surface area contributed by atoms with Crippen LogP contribution in [0, 0.1) is 5.41 Å². The number of sulfone groups is 1. The van der Waals surface area contributed by atoms with E-state index in [1.807, 2.05) is 21.0 Å². The van der Waals surface area contributed by atoms with Gasteiger partial charge in [-0.15, -0.1) is 0 Å². The summed E-state index contributed by atoms with van der Waals surface area (Å²) in [4.78, 5) is 2.15. The second-order valence-electron chi connectivity index (χ2n) is 5.88. The van der Waals surface area contributed by atoms with Crippen molar-refractivity contribution in [2.45, 2.75) is 33.7 Å². The summed E-state index contributed by atoms with van der Waals surface area (Å²) in [5, 5.41) is 3.31. The Hall–Kier alpha value is -0.130. The van der Waals surface area contributed by atoms with Crippen LogP contribution >= 0.6 is 0 Å². The maximum Gasteiger partial charge on any atom is 0.151 e. The predicted octanol–water partition coefficient (Wildman–Crippen LogP) is 0.987. The minimum absolute atomic E-state index is 0.0152. The average Bonchev–Trinajstić information content (AvgIpc) is 2.12. The maximum atomic E-state index is 11.5. The Balaban J connectivity index is 4.11. The first-order valence-electron chi connectivity index (χ1n) is 6.16. The van der Waals surface area contributed by atoms with Gasteiger partial charge in [0.2, 0.25) is 0 Å². The third-order valence-corrected chi connectivity index (χ3v) is 4.50. The van der Waals surface area contributed by atoms with E-state index in [9.17, 15) is 8.42 Å². The molecule has 0 aromatic carbocycles. The SMILES string of the molecule is CCS(=O)(=O)CC(C)NCC(C)(C)CN(C)C. The highest BCUT2D eigenvalue weighted by molar-refractivity contribution is 7.91. The monoisotopic (exact) mass is 264 g/mol. The molecule has 0 fully saturated rings. The molecule has 0 spiro atoms. The van der Waals surface area contributed by atoms with Gasteiger partial charge in [-0.2, -0.15) is 0 Å². The molecule has 0 rings (SSSR count). The summed E-state index contributed by atoms with van der Waals surface area (Å²) in [7, 11) is 1.21. The molecule has 0 aliphatic carbocycles. The van der Waals surface area contributed by atoms with Gasteiger partial charge >= 0.3 is 0 Å².